The summed E-state index contributed by atoms with van der Waals surface area (Å²) in [6, 6.07) is 21.5. The summed E-state index contributed by atoms with van der Waals surface area (Å²) in [5.74, 6) is 5.13. The molecule has 4 aromatic rings. The van der Waals surface area contributed by atoms with Crippen LogP contribution in [-0.4, -0.2) is 180 Å². The predicted octanol–water partition coefficient (Wildman–Crippen LogP) is 7.89. The molecule has 5 heterocycles. The topological polar surface area (TPSA) is 157 Å². The fourth-order valence-corrected chi connectivity index (χ4v) is 12.4. The Labute approximate surface area is 460 Å². The van der Waals surface area contributed by atoms with E-state index in [0.29, 0.717) is 83.2 Å². The number of piperidine rings is 2. The number of carbonyl (C=O) groups is 2. The zero-order valence-electron chi connectivity index (χ0n) is 47.4. The van der Waals surface area contributed by atoms with Gasteiger partial charge in [-0.1, -0.05) is 18.7 Å². The van der Waals surface area contributed by atoms with Gasteiger partial charge in [0.1, 0.15) is 40.2 Å². The van der Waals surface area contributed by atoms with Crippen molar-refractivity contribution in [2.24, 2.45) is 0 Å². The Balaban J connectivity index is 0.000000206. The van der Waals surface area contributed by atoms with Gasteiger partial charge in [-0.05, 0) is 115 Å². The number of hydrogen-bond donors (Lipinski definition) is 1. The molecule has 0 radical (unpaired) electrons. The second-order valence-electron chi connectivity index (χ2n) is 20.6. The van der Waals surface area contributed by atoms with Crippen LogP contribution in [0.15, 0.2) is 91.2 Å². The summed E-state index contributed by atoms with van der Waals surface area (Å²) in [4.78, 5) is 40.0. The Bertz CT molecular complexity index is 2750. The zero-order valence-corrected chi connectivity index (χ0v) is 47.4. The van der Waals surface area contributed by atoms with E-state index in [1.165, 1.54) is 22.1 Å². The maximum absolute atomic E-state index is 14.0. The summed E-state index contributed by atoms with van der Waals surface area (Å²) in [6.45, 7) is 13.3. The van der Waals surface area contributed by atoms with Crippen LogP contribution in [0.4, 0.5) is 9.59 Å². The number of amides is 4. The van der Waals surface area contributed by atoms with Crippen molar-refractivity contribution in [1.29, 1.82) is 0 Å². The van der Waals surface area contributed by atoms with Gasteiger partial charge in [0.05, 0.1) is 87.1 Å². The molecule has 2 spiro atoms. The van der Waals surface area contributed by atoms with E-state index in [2.05, 4.69) is 52.5 Å². The van der Waals surface area contributed by atoms with Crippen molar-refractivity contribution in [1.82, 2.24) is 29.4 Å². The summed E-state index contributed by atoms with van der Waals surface area (Å²) in [5, 5.41) is 12.3. The highest BCUT2D eigenvalue weighted by molar-refractivity contribution is 5.83. The molecule has 0 aliphatic carbocycles. The van der Waals surface area contributed by atoms with E-state index in [9.17, 15) is 14.7 Å². The highest BCUT2D eigenvalue weighted by Crippen LogP contribution is 2.50. The van der Waals surface area contributed by atoms with Gasteiger partial charge in [-0.3, -0.25) is 19.6 Å². The van der Waals surface area contributed by atoms with E-state index in [1.807, 2.05) is 47.4 Å². The summed E-state index contributed by atoms with van der Waals surface area (Å²) < 4.78 is 49.2. The summed E-state index contributed by atoms with van der Waals surface area (Å²) >= 11 is 0. The van der Waals surface area contributed by atoms with Crippen LogP contribution >= 0.6 is 0 Å². The number of rotatable bonds is 20. The molecule has 5 aliphatic heterocycles. The van der Waals surface area contributed by atoms with Crippen molar-refractivity contribution in [3.8, 4) is 40.2 Å². The van der Waals surface area contributed by atoms with Crippen molar-refractivity contribution in [2.45, 2.75) is 82.0 Å². The number of benzene rings is 4. The molecule has 9 rings (SSSR count). The molecule has 422 valence electrons. The summed E-state index contributed by atoms with van der Waals surface area (Å²) in [6.07, 6.45) is 7.36. The first-order valence-corrected chi connectivity index (χ1v) is 26.7. The third-order valence-electron chi connectivity index (χ3n) is 16.4. The van der Waals surface area contributed by atoms with Gasteiger partial charge < -0.3 is 57.5 Å². The lowest BCUT2D eigenvalue weighted by molar-refractivity contribution is -0.119. The minimum absolute atomic E-state index is 0.0554. The van der Waals surface area contributed by atoms with Gasteiger partial charge in [-0.15, -0.1) is 0 Å². The Morgan fingerprint density at radius 3 is 1.53 bits per heavy atom. The van der Waals surface area contributed by atoms with Gasteiger partial charge in [0.15, 0.2) is 5.72 Å². The molecule has 4 aromatic carbocycles. The minimum atomic E-state index is -1.60. The first-order chi connectivity index (χ1) is 37.7. The molecule has 0 aromatic heterocycles. The number of allylic oxidation sites excluding steroid dienone is 1. The number of aryl methyl sites for hydroxylation is 1. The van der Waals surface area contributed by atoms with Crippen LogP contribution in [0.25, 0.3) is 0 Å². The molecular weight excluding hydrogens is 997 g/mol. The van der Waals surface area contributed by atoms with Crippen LogP contribution in [0, 0.1) is 6.92 Å². The first kappa shape index (κ1) is 57.5. The first-order valence-electron chi connectivity index (χ1n) is 26.7. The van der Waals surface area contributed by atoms with Crippen LogP contribution in [-0.2, 0) is 42.1 Å². The molecule has 18 nitrogen and oxygen atoms in total. The average molecular weight is 1080 g/mol. The third kappa shape index (κ3) is 11.4. The standard InChI is InChI=1S/C30H41N3O7.C30H39N3O5/c1-7-30(35)29(8-10-31(11-9-29)20-22-14-24(37-3)18-25(15-22)38-4)32(12-13-36-2)28(34)33(30)21-23-16-26(39-5)19-27(17-23)40-6;1-21-14-22(16-24(15-21)36-3)19-31-10-8-30(9-11-31)28-7-6-26-23(17-25(37-4)18-27(26)38-5)20-32(28)29(34)33(30)12-13-35-2/h7,14-19,35H,1,8-13,20-21H2,2-6H3;7,14-18H,6,8-13,19-20H2,1-5H3. The number of fused-ring (bicyclic) bond motifs is 3. The molecule has 4 saturated heterocycles. The normalized spacial score (nSPS) is 19.7. The molecule has 0 saturated carbocycles. The van der Waals surface area contributed by atoms with E-state index < -0.39 is 11.3 Å². The quantitative estimate of drug-likeness (QED) is 0.0853. The molecule has 1 atom stereocenters. The SMILES string of the molecule is C=CC1(O)N(Cc2cc(OC)cc(OC)c2)C(=O)N(CCOC)C12CCN(Cc1cc(OC)cc(OC)c1)CC2.COCCN1C(=O)N2Cc3cc(OC)cc(OC)c3CC=C2C12CCN(Cc1cc(C)cc(OC)c1)CC2. The Kier molecular flexibility index (Phi) is 18.4. The van der Waals surface area contributed by atoms with Gasteiger partial charge in [0.2, 0.25) is 0 Å². The van der Waals surface area contributed by atoms with Crippen LogP contribution < -0.4 is 33.2 Å². The largest absolute Gasteiger partial charge is 0.497 e. The Morgan fingerprint density at radius 2 is 1.03 bits per heavy atom. The Morgan fingerprint density at radius 1 is 0.551 bits per heavy atom. The lowest BCUT2D eigenvalue weighted by Gasteiger charge is -2.50. The van der Waals surface area contributed by atoms with E-state index >= 15 is 0 Å². The van der Waals surface area contributed by atoms with E-state index in [0.717, 1.165) is 89.2 Å². The number of urea groups is 2. The van der Waals surface area contributed by atoms with E-state index in [4.69, 9.17) is 42.6 Å². The number of likely N-dealkylation sites (tertiary alicyclic amines) is 2. The Hall–Kier alpha value is -6.70. The zero-order chi connectivity index (χ0) is 55.8. The lowest BCUT2D eigenvalue weighted by Crippen LogP contribution is -2.64. The highest BCUT2D eigenvalue weighted by Gasteiger charge is 2.65. The molecule has 18 heteroatoms. The minimum Gasteiger partial charge on any atom is -0.497 e. The summed E-state index contributed by atoms with van der Waals surface area (Å²) in [5.41, 5.74) is 4.80. The average Bonchev–Trinajstić information content (AvgIpc) is 3.84. The van der Waals surface area contributed by atoms with Gasteiger partial charge in [-0.25, -0.2) is 9.59 Å². The molecule has 1 N–H and O–H groups in total. The fraction of sp³-hybridized carbons (Fsp3) is 0.500. The van der Waals surface area contributed by atoms with E-state index in [-0.39, 0.29) is 24.1 Å². The van der Waals surface area contributed by atoms with Crippen LogP contribution in [0.1, 0.15) is 59.1 Å². The van der Waals surface area contributed by atoms with Gasteiger partial charge in [0.25, 0.3) is 0 Å². The third-order valence-corrected chi connectivity index (χ3v) is 16.4. The highest BCUT2D eigenvalue weighted by atomic mass is 16.5. The molecular formula is C60H80N6O12. The number of nitrogens with zero attached hydrogens (tertiary/aromatic N) is 6. The molecule has 78 heavy (non-hydrogen) atoms. The van der Waals surface area contributed by atoms with Crippen molar-refractivity contribution >= 4 is 12.1 Å². The van der Waals surface area contributed by atoms with Gasteiger partial charge in [-0.2, -0.15) is 0 Å². The smallest absolute Gasteiger partial charge is 0.325 e. The lowest BCUT2D eigenvalue weighted by atomic mass is 9.77. The second kappa shape index (κ2) is 25.0. The summed E-state index contributed by atoms with van der Waals surface area (Å²) in [7, 11) is 14.8. The predicted molar refractivity (Wildman–Crippen MR) is 297 cm³/mol. The monoisotopic (exact) mass is 1080 g/mol. The maximum atomic E-state index is 14.0. The van der Waals surface area contributed by atoms with Crippen LogP contribution in [0.5, 0.6) is 40.2 Å². The van der Waals surface area contributed by atoms with Crippen molar-refractivity contribution in [2.75, 3.05) is 116 Å². The van der Waals surface area contributed by atoms with Gasteiger partial charge in [0, 0.05) is 96.0 Å². The maximum Gasteiger partial charge on any atom is 0.325 e. The molecule has 0 bridgehead atoms. The molecule has 5 aliphatic rings. The van der Waals surface area contributed by atoms with Crippen molar-refractivity contribution < 1.29 is 57.3 Å². The van der Waals surface area contributed by atoms with Crippen LogP contribution in [0.2, 0.25) is 0 Å². The second-order valence-corrected chi connectivity index (χ2v) is 20.6. The molecule has 4 fully saturated rings. The number of carbonyl (C=O) groups excluding carboxylic acids is 2. The van der Waals surface area contributed by atoms with Gasteiger partial charge >= 0.3 is 12.1 Å². The number of methoxy groups -OCH3 is 9. The fourth-order valence-electron chi connectivity index (χ4n) is 12.4. The van der Waals surface area contributed by atoms with Crippen molar-refractivity contribution in [3.63, 3.8) is 0 Å². The van der Waals surface area contributed by atoms with Crippen LogP contribution in [0.3, 0.4) is 0 Å². The number of ether oxygens (including phenoxy) is 9. The van der Waals surface area contributed by atoms with Crippen molar-refractivity contribution in [3.05, 3.63) is 125 Å². The molecule has 1 unspecified atom stereocenters. The molecule has 4 amide bonds. The number of hydrogen-bond acceptors (Lipinski definition) is 14. The number of aliphatic hydroxyl groups is 1. The van der Waals surface area contributed by atoms with E-state index in [1.54, 1.807) is 75.0 Å².